The van der Waals surface area contributed by atoms with Crippen molar-refractivity contribution in [3.05, 3.63) is 126 Å². The first-order valence-electron chi connectivity index (χ1n) is 16.3. The van der Waals surface area contributed by atoms with Crippen molar-refractivity contribution in [2.45, 2.75) is 57.0 Å². The lowest BCUT2D eigenvalue weighted by Crippen LogP contribution is -2.57. The zero-order valence-electron chi connectivity index (χ0n) is 27.1. The highest BCUT2D eigenvalue weighted by atomic mass is 16.5. The van der Waals surface area contributed by atoms with Crippen LogP contribution < -0.4 is 4.90 Å². The van der Waals surface area contributed by atoms with E-state index in [1.807, 2.05) is 92.7 Å². The molecule has 3 fully saturated rings. The average Bonchev–Trinajstić information content (AvgIpc) is 3.73. The molecule has 0 aliphatic carbocycles. The number of carbonyl (C=O) groups is 3. The molecule has 8 nitrogen and oxygen atoms in total. The van der Waals surface area contributed by atoms with Crippen molar-refractivity contribution in [3.63, 3.8) is 0 Å². The number of aliphatic hydroxyl groups excluding tert-OH is 1. The average molecular weight is 634 g/mol. The van der Waals surface area contributed by atoms with Crippen molar-refractivity contribution >= 4 is 23.4 Å². The normalized spacial score (nSPS) is 24.9. The van der Waals surface area contributed by atoms with E-state index in [2.05, 4.69) is 13.2 Å². The van der Waals surface area contributed by atoms with E-state index < -0.39 is 42.2 Å². The van der Waals surface area contributed by atoms with Crippen LogP contribution in [-0.4, -0.2) is 70.1 Å². The molecule has 3 saturated heterocycles. The summed E-state index contributed by atoms with van der Waals surface area (Å²) in [5.41, 5.74) is 3.06. The van der Waals surface area contributed by atoms with Crippen molar-refractivity contribution in [2.24, 2.45) is 11.8 Å². The summed E-state index contributed by atoms with van der Waals surface area (Å²) in [4.78, 5) is 49.4. The topological polar surface area (TPSA) is 90.4 Å². The first kappa shape index (κ1) is 32.4. The molecule has 6 rings (SSSR count). The Labute approximate surface area is 276 Å². The Hall–Kier alpha value is -4.53. The van der Waals surface area contributed by atoms with Gasteiger partial charge in [0.2, 0.25) is 11.8 Å². The molecule has 3 amide bonds. The Morgan fingerprint density at radius 3 is 2.34 bits per heavy atom. The number of carbonyl (C=O) groups excluding carboxylic acids is 3. The lowest BCUT2D eigenvalue weighted by molar-refractivity contribution is -0.147. The summed E-state index contributed by atoms with van der Waals surface area (Å²) < 4.78 is 6.79. The molecule has 8 heteroatoms. The summed E-state index contributed by atoms with van der Waals surface area (Å²) in [5.74, 6) is -2.50. The van der Waals surface area contributed by atoms with Gasteiger partial charge in [-0.3, -0.25) is 14.4 Å². The second-order valence-corrected chi connectivity index (χ2v) is 12.9. The number of amides is 3. The molecule has 3 aromatic carbocycles. The minimum atomic E-state index is -1.23. The van der Waals surface area contributed by atoms with Gasteiger partial charge in [0.1, 0.15) is 11.6 Å². The van der Waals surface area contributed by atoms with Gasteiger partial charge in [-0.1, -0.05) is 84.9 Å². The Bertz CT molecular complexity index is 1660. The number of hydrogen-bond acceptors (Lipinski definition) is 5. The molecule has 2 bridgehead atoms. The molecule has 2 unspecified atom stereocenters. The van der Waals surface area contributed by atoms with Crippen LogP contribution in [0, 0.1) is 25.7 Å². The van der Waals surface area contributed by atoms with Crippen molar-refractivity contribution < 1.29 is 24.2 Å². The molecule has 0 saturated carbocycles. The lowest BCUT2D eigenvalue weighted by Gasteiger charge is -2.39. The van der Waals surface area contributed by atoms with Crippen LogP contribution in [0.4, 0.5) is 5.69 Å². The fourth-order valence-corrected chi connectivity index (χ4v) is 8.01. The van der Waals surface area contributed by atoms with Gasteiger partial charge >= 0.3 is 0 Å². The van der Waals surface area contributed by atoms with Crippen LogP contribution in [0.15, 0.2) is 104 Å². The van der Waals surface area contributed by atoms with Crippen molar-refractivity contribution in [2.75, 3.05) is 24.6 Å². The Morgan fingerprint density at radius 2 is 1.68 bits per heavy atom. The molecular formula is C39H43N3O5. The Balaban J connectivity index is 1.46. The number of likely N-dealkylation sites (tertiary alicyclic amines) is 1. The monoisotopic (exact) mass is 633 g/mol. The van der Waals surface area contributed by atoms with Crippen LogP contribution >= 0.6 is 0 Å². The number of benzene rings is 3. The van der Waals surface area contributed by atoms with Crippen LogP contribution in [0.3, 0.4) is 0 Å². The summed E-state index contributed by atoms with van der Waals surface area (Å²) in [6.45, 7) is 12.2. The number of ether oxygens (including phenoxy) is 1. The van der Waals surface area contributed by atoms with Crippen molar-refractivity contribution in [3.8, 4) is 0 Å². The standard InChI is InChI=1S/C39H43N3O5/c1-5-21-40(24-28-13-9-7-10-14-28)36(44)33-32-19-20-39(47-32)34(33)37(45)42(31(25-43)29-15-11-8-12-16-29)35(39)38(46)41(22-6-2)30-23-26(3)17-18-27(30)4/h5-18,23,31-35,43H,1-2,19-22,24-25H2,3-4H3/t31-,32+,33-,34+,35?,39?/m1/s1. The van der Waals surface area contributed by atoms with Crippen molar-refractivity contribution in [1.29, 1.82) is 0 Å². The molecule has 0 radical (unpaired) electrons. The highest BCUT2D eigenvalue weighted by Gasteiger charge is 2.75. The largest absolute Gasteiger partial charge is 0.394 e. The molecule has 3 aliphatic rings. The number of hydrogen-bond donors (Lipinski definition) is 1. The minimum Gasteiger partial charge on any atom is -0.394 e. The van der Waals surface area contributed by atoms with Crippen molar-refractivity contribution in [1.82, 2.24) is 9.80 Å². The van der Waals surface area contributed by atoms with Crippen LogP contribution in [0.25, 0.3) is 0 Å². The lowest BCUT2D eigenvalue weighted by atomic mass is 9.70. The van der Waals surface area contributed by atoms with Gasteiger partial charge in [0.15, 0.2) is 0 Å². The molecular weight excluding hydrogens is 590 g/mol. The summed E-state index contributed by atoms with van der Waals surface area (Å²) >= 11 is 0. The third kappa shape index (κ3) is 5.59. The van der Waals surface area contributed by atoms with Crippen LogP contribution in [0.5, 0.6) is 0 Å². The first-order chi connectivity index (χ1) is 22.7. The van der Waals surface area contributed by atoms with Crippen LogP contribution in [0.1, 0.15) is 41.1 Å². The van der Waals surface area contributed by atoms with Crippen LogP contribution in [-0.2, 0) is 25.7 Å². The van der Waals surface area contributed by atoms with Gasteiger partial charge in [0.05, 0.1) is 30.6 Å². The number of aryl methyl sites for hydroxylation is 2. The molecule has 3 aromatic rings. The van der Waals surface area contributed by atoms with Gasteiger partial charge in [-0.25, -0.2) is 0 Å². The molecule has 3 aliphatic heterocycles. The second kappa shape index (κ2) is 13.3. The number of fused-ring (bicyclic) bond motifs is 1. The summed E-state index contributed by atoms with van der Waals surface area (Å²) in [5, 5.41) is 10.9. The summed E-state index contributed by atoms with van der Waals surface area (Å²) in [6.07, 6.45) is 3.86. The fourth-order valence-electron chi connectivity index (χ4n) is 8.01. The van der Waals surface area contributed by atoms with Gasteiger partial charge < -0.3 is 24.5 Å². The molecule has 47 heavy (non-hydrogen) atoms. The number of aliphatic hydroxyl groups is 1. The maximum absolute atomic E-state index is 15.1. The maximum Gasteiger partial charge on any atom is 0.253 e. The zero-order valence-corrected chi connectivity index (χ0v) is 27.1. The smallest absolute Gasteiger partial charge is 0.253 e. The predicted molar refractivity (Wildman–Crippen MR) is 181 cm³/mol. The highest BCUT2D eigenvalue weighted by molar-refractivity contribution is 6.05. The van der Waals surface area contributed by atoms with Gasteiger partial charge in [-0.2, -0.15) is 0 Å². The van der Waals surface area contributed by atoms with Gasteiger partial charge in [-0.15, -0.1) is 13.2 Å². The maximum atomic E-state index is 15.1. The first-order valence-corrected chi connectivity index (χ1v) is 16.3. The molecule has 1 N–H and O–H groups in total. The van der Waals surface area contributed by atoms with E-state index in [9.17, 15) is 14.7 Å². The minimum absolute atomic E-state index is 0.190. The van der Waals surface area contributed by atoms with Gasteiger partial charge in [0, 0.05) is 25.3 Å². The van der Waals surface area contributed by atoms with Crippen LogP contribution in [0.2, 0.25) is 0 Å². The Kier molecular flexibility index (Phi) is 9.17. The summed E-state index contributed by atoms with van der Waals surface area (Å²) in [6, 6.07) is 23.0. The molecule has 1 spiro atoms. The third-order valence-electron chi connectivity index (χ3n) is 10.1. The SMILES string of the molecule is C=CCN(Cc1ccccc1)C(=O)[C@@H]1[C@@H]2CCC3(O2)C(C(=O)N(CC=C)c2cc(C)ccc2C)N([C@H](CO)c2ccccc2)C(=O)[C@H]13. The van der Waals surface area contributed by atoms with E-state index >= 15 is 4.79 Å². The fraction of sp³-hybridized carbons (Fsp3) is 0.359. The number of nitrogens with zero attached hydrogens (tertiary/aromatic N) is 3. The molecule has 0 aromatic heterocycles. The van der Waals surface area contributed by atoms with Gasteiger partial charge in [-0.05, 0) is 55.0 Å². The van der Waals surface area contributed by atoms with Gasteiger partial charge in [0.25, 0.3) is 5.91 Å². The quantitative estimate of drug-likeness (QED) is 0.279. The second-order valence-electron chi connectivity index (χ2n) is 12.9. The molecule has 3 heterocycles. The third-order valence-corrected chi connectivity index (χ3v) is 10.1. The van der Waals surface area contributed by atoms with E-state index in [-0.39, 0.29) is 24.3 Å². The molecule has 6 atom stereocenters. The zero-order chi connectivity index (χ0) is 33.3. The van der Waals surface area contributed by atoms with E-state index in [0.717, 1.165) is 22.4 Å². The number of anilines is 1. The van der Waals surface area contributed by atoms with E-state index in [1.165, 1.54) is 4.90 Å². The Morgan fingerprint density at radius 1 is 1.00 bits per heavy atom. The predicted octanol–water partition coefficient (Wildman–Crippen LogP) is 5.15. The molecule has 244 valence electrons. The van der Waals surface area contributed by atoms with E-state index in [4.69, 9.17) is 4.74 Å². The number of rotatable bonds is 12. The highest BCUT2D eigenvalue weighted by Crippen LogP contribution is 2.60. The summed E-state index contributed by atoms with van der Waals surface area (Å²) in [7, 11) is 0. The van der Waals surface area contributed by atoms with E-state index in [1.54, 1.807) is 22.0 Å². The van der Waals surface area contributed by atoms with E-state index in [0.29, 0.717) is 31.5 Å².